The number of nitrogens with one attached hydrogen (secondary N) is 1. The number of hydrogen-bond donors (Lipinski definition) is 2. The second kappa shape index (κ2) is 10.6. The van der Waals surface area contributed by atoms with Crippen LogP contribution in [0, 0.1) is 24.0 Å². The maximum absolute atomic E-state index is 15.0. The van der Waals surface area contributed by atoms with Crippen LogP contribution in [0.1, 0.15) is 64.1 Å². The number of nitrogens with zero attached hydrogens (tertiary/aromatic N) is 6. The number of piperidine rings is 1. The van der Waals surface area contributed by atoms with Crippen molar-refractivity contribution in [2.75, 3.05) is 25.0 Å². The Kier molecular flexibility index (Phi) is 7.35. The zero-order valence-corrected chi connectivity index (χ0v) is 23.0. The summed E-state index contributed by atoms with van der Waals surface area (Å²) in [6, 6.07) is 6.57. The summed E-state index contributed by atoms with van der Waals surface area (Å²) in [5, 5.41) is 14.1. The molecule has 2 N–H and O–H groups in total. The lowest BCUT2D eigenvalue weighted by molar-refractivity contribution is -0.0122. The predicted octanol–water partition coefficient (Wildman–Crippen LogP) is 5.95. The van der Waals surface area contributed by atoms with Crippen LogP contribution in [0.2, 0.25) is 0 Å². The quantitative estimate of drug-likeness (QED) is 0.302. The fraction of sp³-hybridized carbons (Fsp3) is 0.448. The molecular weight excluding hydrogens is 500 g/mol. The zero-order valence-electron chi connectivity index (χ0n) is 23.0. The van der Waals surface area contributed by atoms with Crippen LogP contribution in [-0.2, 0) is 0 Å². The van der Waals surface area contributed by atoms with E-state index in [1.54, 1.807) is 18.3 Å². The third kappa shape index (κ3) is 5.23. The third-order valence-corrected chi connectivity index (χ3v) is 7.91. The summed E-state index contributed by atoms with van der Waals surface area (Å²) in [5.41, 5.74) is 1.62. The number of imidazole rings is 1. The summed E-state index contributed by atoms with van der Waals surface area (Å²) in [6.07, 6.45) is 3.91. The summed E-state index contributed by atoms with van der Waals surface area (Å²) in [7, 11) is 0. The average molecular weight is 536 g/mol. The highest BCUT2D eigenvalue weighted by Gasteiger charge is 2.37. The van der Waals surface area contributed by atoms with Gasteiger partial charge in [-0.1, -0.05) is 19.9 Å². The SMILES string of the molecule is CCN1CCC(C)([C@@H](O)c2ccc(Nc3ncc(F)c(-c4cc(F)c5nc(C)n(C(C)C)c5c4)n3)nc2)CC1. The minimum atomic E-state index is -0.666. The highest BCUT2D eigenvalue weighted by Crippen LogP contribution is 2.42. The third-order valence-electron chi connectivity index (χ3n) is 7.91. The van der Waals surface area contributed by atoms with E-state index < -0.39 is 17.7 Å². The molecule has 0 unspecified atom stereocenters. The van der Waals surface area contributed by atoms with E-state index in [1.165, 1.54) is 6.07 Å². The Labute approximate surface area is 227 Å². The maximum atomic E-state index is 15.0. The molecule has 4 heterocycles. The zero-order chi connectivity index (χ0) is 27.9. The number of aliphatic hydroxyl groups excluding tert-OH is 1. The van der Waals surface area contributed by atoms with Crippen LogP contribution in [0.4, 0.5) is 20.5 Å². The van der Waals surface area contributed by atoms with Crippen molar-refractivity contribution < 1.29 is 13.9 Å². The Morgan fingerprint density at radius 1 is 1.05 bits per heavy atom. The fourth-order valence-corrected chi connectivity index (χ4v) is 5.50. The predicted molar refractivity (Wildman–Crippen MR) is 148 cm³/mol. The smallest absolute Gasteiger partial charge is 0.229 e. The van der Waals surface area contributed by atoms with Crippen LogP contribution in [0.3, 0.4) is 0 Å². The van der Waals surface area contributed by atoms with E-state index in [1.807, 2.05) is 31.4 Å². The molecule has 206 valence electrons. The summed E-state index contributed by atoms with van der Waals surface area (Å²) >= 11 is 0. The molecule has 0 aliphatic carbocycles. The van der Waals surface area contributed by atoms with Crippen LogP contribution in [0.5, 0.6) is 0 Å². The van der Waals surface area contributed by atoms with Crippen LogP contribution in [-0.4, -0.2) is 54.1 Å². The topological polar surface area (TPSA) is 92.0 Å². The standard InChI is InChI=1S/C29H35F2N7O/c1-6-37-11-9-29(5,10-12-37)27(39)19-7-8-24(32-15-19)35-28-33-16-22(31)25(36-28)20-13-21(30)26-23(14-20)38(17(2)3)18(4)34-26/h7-8,13-17,27,39H,6,9-12H2,1-5H3,(H,32,33,35,36)/t27-/m0/s1. The van der Waals surface area contributed by atoms with E-state index in [2.05, 4.69) is 44.0 Å². The number of halogens is 2. The van der Waals surface area contributed by atoms with Crippen LogP contribution in [0.15, 0.2) is 36.7 Å². The minimum absolute atomic E-state index is 0.0270. The van der Waals surface area contributed by atoms with Gasteiger partial charge in [-0.05, 0) is 77.0 Å². The molecule has 0 amide bonds. The molecule has 0 saturated carbocycles. The van der Waals surface area contributed by atoms with Gasteiger partial charge >= 0.3 is 0 Å². The number of aryl methyl sites for hydroxylation is 1. The molecule has 39 heavy (non-hydrogen) atoms. The lowest BCUT2D eigenvalue weighted by Crippen LogP contribution is -2.41. The van der Waals surface area contributed by atoms with Crippen molar-refractivity contribution >= 4 is 22.8 Å². The molecular formula is C29H35F2N7O. The molecule has 1 fully saturated rings. The number of benzene rings is 1. The van der Waals surface area contributed by atoms with Gasteiger partial charge in [-0.15, -0.1) is 0 Å². The second-order valence-electron chi connectivity index (χ2n) is 10.9. The lowest BCUT2D eigenvalue weighted by Gasteiger charge is -2.42. The number of rotatable bonds is 7. The normalized spacial score (nSPS) is 16.6. The molecule has 4 aromatic rings. The molecule has 8 nitrogen and oxygen atoms in total. The van der Waals surface area contributed by atoms with Gasteiger partial charge in [0, 0.05) is 23.2 Å². The van der Waals surface area contributed by atoms with Gasteiger partial charge in [0.15, 0.2) is 11.6 Å². The molecule has 1 saturated heterocycles. The Balaban J connectivity index is 1.38. The summed E-state index contributed by atoms with van der Waals surface area (Å²) < 4.78 is 31.7. The summed E-state index contributed by atoms with van der Waals surface area (Å²) in [5.74, 6) is 0.0502. The molecule has 10 heteroatoms. The number of fused-ring (bicyclic) bond motifs is 1. The Morgan fingerprint density at radius 2 is 1.79 bits per heavy atom. The van der Waals surface area contributed by atoms with E-state index >= 15 is 0 Å². The van der Waals surface area contributed by atoms with Crippen molar-refractivity contribution in [3.05, 3.63) is 59.7 Å². The van der Waals surface area contributed by atoms with Crippen LogP contribution < -0.4 is 5.32 Å². The molecule has 0 bridgehead atoms. The molecule has 5 rings (SSSR count). The van der Waals surface area contributed by atoms with Crippen molar-refractivity contribution in [2.24, 2.45) is 5.41 Å². The number of pyridine rings is 1. The fourth-order valence-electron chi connectivity index (χ4n) is 5.50. The van der Waals surface area contributed by atoms with Gasteiger partial charge in [-0.25, -0.2) is 28.7 Å². The molecule has 1 aliphatic heterocycles. The highest BCUT2D eigenvalue weighted by molar-refractivity contribution is 5.83. The molecule has 1 aliphatic rings. The van der Waals surface area contributed by atoms with E-state index in [0.717, 1.165) is 44.2 Å². The number of anilines is 2. The Bertz CT molecular complexity index is 1480. The first-order valence-corrected chi connectivity index (χ1v) is 13.4. The monoisotopic (exact) mass is 535 g/mol. The van der Waals surface area contributed by atoms with Gasteiger partial charge in [0.25, 0.3) is 0 Å². The molecule has 0 spiro atoms. The molecule has 1 aromatic carbocycles. The number of aromatic nitrogens is 5. The van der Waals surface area contributed by atoms with Gasteiger partial charge in [-0.3, -0.25) is 0 Å². The second-order valence-corrected chi connectivity index (χ2v) is 10.9. The average Bonchev–Trinajstić information content (AvgIpc) is 3.27. The Morgan fingerprint density at radius 3 is 2.44 bits per heavy atom. The van der Waals surface area contributed by atoms with Gasteiger partial charge in [0.05, 0.1) is 17.8 Å². The lowest BCUT2D eigenvalue weighted by atomic mass is 9.73. The summed E-state index contributed by atoms with van der Waals surface area (Å²) in [4.78, 5) is 19.6. The first-order valence-electron chi connectivity index (χ1n) is 13.4. The van der Waals surface area contributed by atoms with E-state index in [9.17, 15) is 13.9 Å². The van der Waals surface area contributed by atoms with Crippen molar-refractivity contribution in [1.82, 2.24) is 29.4 Å². The highest BCUT2D eigenvalue weighted by atomic mass is 19.1. The first kappa shape index (κ1) is 27.1. The van der Waals surface area contributed by atoms with Crippen molar-refractivity contribution in [3.63, 3.8) is 0 Å². The number of likely N-dealkylation sites (tertiary alicyclic amines) is 1. The van der Waals surface area contributed by atoms with E-state index in [0.29, 0.717) is 22.7 Å². The molecule has 3 aromatic heterocycles. The molecule has 1 atom stereocenters. The largest absolute Gasteiger partial charge is 0.388 e. The van der Waals surface area contributed by atoms with Crippen LogP contribution >= 0.6 is 0 Å². The Hall–Kier alpha value is -3.50. The van der Waals surface area contributed by atoms with Crippen molar-refractivity contribution in [2.45, 2.75) is 59.6 Å². The first-order chi connectivity index (χ1) is 18.6. The van der Waals surface area contributed by atoms with Gasteiger partial charge in [-0.2, -0.15) is 0 Å². The van der Waals surface area contributed by atoms with Gasteiger partial charge in [0.1, 0.15) is 22.9 Å². The van der Waals surface area contributed by atoms with E-state index in [4.69, 9.17) is 0 Å². The minimum Gasteiger partial charge on any atom is -0.388 e. The molecule has 0 radical (unpaired) electrons. The maximum Gasteiger partial charge on any atom is 0.229 e. The summed E-state index contributed by atoms with van der Waals surface area (Å²) in [6.45, 7) is 13.0. The van der Waals surface area contributed by atoms with Gasteiger partial charge < -0.3 is 19.9 Å². The van der Waals surface area contributed by atoms with Crippen molar-refractivity contribution in [1.29, 1.82) is 0 Å². The van der Waals surface area contributed by atoms with Gasteiger partial charge in [0.2, 0.25) is 5.95 Å². The van der Waals surface area contributed by atoms with Crippen molar-refractivity contribution in [3.8, 4) is 11.3 Å². The van der Waals surface area contributed by atoms with E-state index in [-0.39, 0.29) is 28.6 Å². The number of hydrogen-bond acceptors (Lipinski definition) is 7. The van der Waals surface area contributed by atoms with Crippen LogP contribution in [0.25, 0.3) is 22.3 Å². The number of aliphatic hydroxyl groups is 1.